The van der Waals surface area contributed by atoms with Gasteiger partial charge in [-0.3, -0.25) is 9.88 Å². The molecule has 0 unspecified atom stereocenters. The summed E-state index contributed by atoms with van der Waals surface area (Å²) in [5.74, 6) is 1.74. The molecule has 0 spiro atoms. The van der Waals surface area contributed by atoms with Crippen LogP contribution in [-0.4, -0.2) is 46.9 Å². The molecule has 0 saturated carbocycles. The molecule has 30 heavy (non-hydrogen) atoms. The fraction of sp³-hybridized carbons (Fsp3) is 0.364. The average molecular weight is 405 g/mol. The number of ether oxygens (including phenoxy) is 2. The van der Waals surface area contributed by atoms with Crippen molar-refractivity contribution in [1.82, 2.24) is 20.0 Å². The maximum atomic E-state index is 8.96. The van der Waals surface area contributed by atoms with Crippen molar-refractivity contribution in [2.45, 2.75) is 25.4 Å². The van der Waals surface area contributed by atoms with Gasteiger partial charge in [0.15, 0.2) is 0 Å². The van der Waals surface area contributed by atoms with E-state index in [-0.39, 0.29) is 6.04 Å². The standard InChI is InChI=1S/C22H23N5O3/c1-28-11-12-29-18-8-9-24-19(13-18)21-25-22(30-26-21)20-3-2-10-27(20)15-17-6-4-16(14-23)5-7-17/h4-9,13,20H,2-3,10-12,15H2,1H3/t20-/m0/s1. The summed E-state index contributed by atoms with van der Waals surface area (Å²) in [6, 6.07) is 13.5. The lowest BCUT2D eigenvalue weighted by atomic mass is 10.1. The molecule has 2 aromatic heterocycles. The lowest BCUT2D eigenvalue weighted by Gasteiger charge is -2.21. The fourth-order valence-corrected chi connectivity index (χ4v) is 3.55. The van der Waals surface area contributed by atoms with Crippen molar-refractivity contribution < 1.29 is 14.0 Å². The van der Waals surface area contributed by atoms with E-state index in [0.29, 0.717) is 41.9 Å². The van der Waals surface area contributed by atoms with Gasteiger partial charge < -0.3 is 14.0 Å². The summed E-state index contributed by atoms with van der Waals surface area (Å²) in [4.78, 5) is 11.3. The quantitative estimate of drug-likeness (QED) is 0.526. The largest absolute Gasteiger partial charge is 0.491 e. The normalized spacial score (nSPS) is 16.5. The lowest BCUT2D eigenvalue weighted by Crippen LogP contribution is -2.23. The molecule has 1 aromatic carbocycles. The molecule has 4 rings (SSSR count). The predicted octanol–water partition coefficient (Wildman–Crippen LogP) is 3.37. The van der Waals surface area contributed by atoms with Crippen LogP contribution in [0.1, 0.15) is 35.9 Å². The van der Waals surface area contributed by atoms with Crippen molar-refractivity contribution in [3.8, 4) is 23.3 Å². The number of methoxy groups -OCH3 is 1. The van der Waals surface area contributed by atoms with Crippen molar-refractivity contribution in [2.24, 2.45) is 0 Å². The van der Waals surface area contributed by atoms with Crippen LogP contribution in [0, 0.1) is 11.3 Å². The summed E-state index contributed by atoms with van der Waals surface area (Å²) < 4.78 is 16.2. The maximum Gasteiger partial charge on any atom is 0.244 e. The number of aromatic nitrogens is 3. The summed E-state index contributed by atoms with van der Waals surface area (Å²) in [6.45, 7) is 2.71. The van der Waals surface area contributed by atoms with E-state index in [1.807, 2.05) is 24.3 Å². The first-order chi connectivity index (χ1) is 14.8. The van der Waals surface area contributed by atoms with Gasteiger partial charge in [0.05, 0.1) is 24.3 Å². The van der Waals surface area contributed by atoms with E-state index in [9.17, 15) is 0 Å². The number of hydrogen-bond acceptors (Lipinski definition) is 8. The highest BCUT2D eigenvalue weighted by Gasteiger charge is 2.31. The number of hydrogen-bond donors (Lipinski definition) is 0. The molecule has 8 nitrogen and oxygen atoms in total. The average Bonchev–Trinajstić information content (AvgIpc) is 3.44. The summed E-state index contributed by atoms with van der Waals surface area (Å²) in [6.07, 6.45) is 3.70. The Labute approximate surface area is 175 Å². The third-order valence-electron chi connectivity index (χ3n) is 5.08. The molecule has 1 saturated heterocycles. The number of nitrogens with zero attached hydrogens (tertiary/aromatic N) is 5. The van der Waals surface area contributed by atoms with E-state index >= 15 is 0 Å². The minimum Gasteiger partial charge on any atom is -0.491 e. The van der Waals surface area contributed by atoms with Crippen molar-refractivity contribution in [3.63, 3.8) is 0 Å². The molecule has 0 amide bonds. The second-order valence-electron chi connectivity index (χ2n) is 7.11. The first kappa shape index (κ1) is 20.0. The van der Waals surface area contributed by atoms with Crippen LogP contribution in [0.2, 0.25) is 0 Å². The summed E-state index contributed by atoms with van der Waals surface area (Å²) in [5, 5.41) is 13.1. The number of likely N-dealkylation sites (tertiary alicyclic amines) is 1. The van der Waals surface area contributed by atoms with E-state index in [2.05, 4.69) is 26.1 Å². The monoisotopic (exact) mass is 405 g/mol. The highest BCUT2D eigenvalue weighted by Crippen LogP contribution is 2.33. The van der Waals surface area contributed by atoms with Gasteiger partial charge in [-0.2, -0.15) is 10.2 Å². The number of pyridine rings is 1. The van der Waals surface area contributed by atoms with E-state index in [0.717, 1.165) is 31.5 Å². The Kier molecular flexibility index (Phi) is 6.32. The Hall–Kier alpha value is -3.28. The fourth-order valence-electron chi connectivity index (χ4n) is 3.55. The van der Waals surface area contributed by atoms with Gasteiger partial charge in [-0.25, -0.2) is 0 Å². The van der Waals surface area contributed by atoms with Crippen LogP contribution < -0.4 is 4.74 Å². The molecule has 0 N–H and O–H groups in total. The molecule has 3 heterocycles. The summed E-state index contributed by atoms with van der Waals surface area (Å²) in [7, 11) is 1.63. The zero-order valence-corrected chi connectivity index (χ0v) is 16.8. The van der Waals surface area contributed by atoms with Gasteiger partial charge in [0.1, 0.15) is 18.1 Å². The van der Waals surface area contributed by atoms with Crippen LogP contribution in [-0.2, 0) is 11.3 Å². The Balaban J connectivity index is 1.46. The first-order valence-electron chi connectivity index (χ1n) is 9.91. The maximum absolute atomic E-state index is 8.96. The minimum absolute atomic E-state index is 0.0722. The van der Waals surface area contributed by atoms with Gasteiger partial charge in [0, 0.05) is 25.9 Å². The second-order valence-corrected chi connectivity index (χ2v) is 7.11. The van der Waals surface area contributed by atoms with Crippen molar-refractivity contribution >= 4 is 0 Å². The SMILES string of the molecule is COCCOc1ccnc(-c2noc([C@@H]3CCCN3Cc3ccc(C#N)cc3)n2)c1. The predicted molar refractivity (Wildman–Crippen MR) is 108 cm³/mol. The Bertz CT molecular complexity index is 1010. The van der Waals surface area contributed by atoms with E-state index in [1.165, 1.54) is 0 Å². The van der Waals surface area contributed by atoms with Gasteiger partial charge in [0.25, 0.3) is 0 Å². The minimum atomic E-state index is 0.0722. The van der Waals surface area contributed by atoms with Gasteiger partial charge in [0.2, 0.25) is 11.7 Å². The smallest absolute Gasteiger partial charge is 0.244 e. The van der Waals surface area contributed by atoms with Gasteiger partial charge in [-0.1, -0.05) is 17.3 Å². The zero-order valence-electron chi connectivity index (χ0n) is 16.8. The van der Waals surface area contributed by atoms with Crippen LogP contribution in [0.4, 0.5) is 0 Å². The Morgan fingerprint density at radius 2 is 2.10 bits per heavy atom. The van der Waals surface area contributed by atoms with Crippen molar-refractivity contribution in [2.75, 3.05) is 26.9 Å². The molecule has 1 aliphatic rings. The molecule has 1 fully saturated rings. The van der Waals surface area contributed by atoms with Gasteiger partial charge in [-0.05, 0) is 43.1 Å². The molecular weight excluding hydrogens is 382 g/mol. The second kappa shape index (κ2) is 9.48. The summed E-state index contributed by atoms with van der Waals surface area (Å²) >= 11 is 0. The van der Waals surface area contributed by atoms with Crippen LogP contribution in [0.3, 0.4) is 0 Å². The van der Waals surface area contributed by atoms with Crippen LogP contribution in [0.5, 0.6) is 5.75 Å². The molecule has 0 radical (unpaired) electrons. The van der Waals surface area contributed by atoms with E-state index < -0.39 is 0 Å². The zero-order chi connectivity index (χ0) is 20.8. The molecule has 1 aliphatic heterocycles. The first-order valence-corrected chi connectivity index (χ1v) is 9.91. The van der Waals surface area contributed by atoms with Gasteiger partial charge in [-0.15, -0.1) is 0 Å². The molecule has 0 aliphatic carbocycles. The number of rotatable bonds is 8. The van der Waals surface area contributed by atoms with Crippen molar-refractivity contribution in [1.29, 1.82) is 5.26 Å². The third kappa shape index (κ3) is 4.64. The number of nitriles is 1. The van der Waals surface area contributed by atoms with Crippen LogP contribution >= 0.6 is 0 Å². The molecule has 3 aromatic rings. The number of benzene rings is 1. The Morgan fingerprint density at radius 1 is 1.23 bits per heavy atom. The van der Waals surface area contributed by atoms with Crippen LogP contribution in [0.15, 0.2) is 47.1 Å². The molecule has 154 valence electrons. The molecule has 8 heteroatoms. The van der Waals surface area contributed by atoms with Gasteiger partial charge >= 0.3 is 0 Å². The lowest BCUT2D eigenvalue weighted by molar-refractivity contribution is 0.146. The third-order valence-corrected chi connectivity index (χ3v) is 5.08. The topological polar surface area (TPSA) is 97.3 Å². The van der Waals surface area contributed by atoms with E-state index in [1.54, 1.807) is 25.4 Å². The van der Waals surface area contributed by atoms with E-state index in [4.69, 9.17) is 19.3 Å². The highest BCUT2D eigenvalue weighted by atomic mass is 16.5. The highest BCUT2D eigenvalue weighted by molar-refractivity contribution is 5.50. The molecule has 1 atom stereocenters. The van der Waals surface area contributed by atoms with Crippen LogP contribution in [0.25, 0.3) is 11.5 Å². The molecular formula is C22H23N5O3. The van der Waals surface area contributed by atoms with Crippen molar-refractivity contribution in [3.05, 3.63) is 59.6 Å². The molecule has 0 bridgehead atoms. The summed E-state index contributed by atoms with van der Waals surface area (Å²) in [5.41, 5.74) is 2.43. The Morgan fingerprint density at radius 3 is 2.90 bits per heavy atom.